The third kappa shape index (κ3) is 2.82. The number of piperidine rings is 1. The van der Waals surface area contributed by atoms with Crippen LogP contribution in [0.1, 0.15) is 42.5 Å². The number of rotatable bonds is 3. The van der Waals surface area contributed by atoms with Crippen LogP contribution >= 0.6 is 0 Å². The van der Waals surface area contributed by atoms with Crippen molar-refractivity contribution >= 4 is 11.6 Å². The minimum atomic E-state index is 0.0559. The van der Waals surface area contributed by atoms with E-state index in [9.17, 15) is 9.90 Å². The van der Waals surface area contributed by atoms with E-state index in [-0.39, 0.29) is 17.6 Å². The third-order valence-corrected chi connectivity index (χ3v) is 6.88. The fourth-order valence-electron chi connectivity index (χ4n) is 5.37. The number of nitrogens with zero attached hydrogens (tertiary/aromatic N) is 3. The molecule has 1 fully saturated rings. The summed E-state index contributed by atoms with van der Waals surface area (Å²) in [6.45, 7) is 3.61. The van der Waals surface area contributed by atoms with Crippen LogP contribution in [-0.2, 0) is 18.3 Å². The molecule has 3 heterocycles. The Morgan fingerprint density at radius 3 is 2.75 bits per heavy atom. The quantitative estimate of drug-likeness (QED) is 0.852. The number of nitrogens with one attached hydrogen (secondary N) is 1. The minimum absolute atomic E-state index is 0.0559. The molecule has 0 unspecified atom stereocenters. The lowest BCUT2D eigenvalue weighted by Gasteiger charge is -2.40. The maximum atomic E-state index is 12.5. The van der Waals surface area contributed by atoms with Crippen molar-refractivity contribution in [2.75, 3.05) is 42.6 Å². The summed E-state index contributed by atoms with van der Waals surface area (Å²) < 4.78 is 0. The van der Waals surface area contributed by atoms with Gasteiger partial charge in [0.2, 0.25) is 5.95 Å². The molecular formula is C22H28N4O2. The number of hydrogen-bond donors (Lipinski definition) is 2. The zero-order valence-electron chi connectivity index (χ0n) is 16.3. The Labute approximate surface area is 165 Å². The van der Waals surface area contributed by atoms with Gasteiger partial charge < -0.3 is 14.9 Å². The predicted octanol–water partition coefficient (Wildman–Crippen LogP) is 2.00. The number of para-hydroxylation sites is 1. The highest BCUT2D eigenvalue weighted by molar-refractivity contribution is 5.63. The predicted molar refractivity (Wildman–Crippen MR) is 110 cm³/mol. The normalized spacial score (nSPS) is 20.3. The van der Waals surface area contributed by atoms with Crippen LogP contribution in [0, 0.1) is 0 Å². The molecule has 3 aliphatic rings. The monoisotopic (exact) mass is 380 g/mol. The van der Waals surface area contributed by atoms with Crippen molar-refractivity contribution in [3.05, 3.63) is 51.4 Å². The number of aromatic amines is 1. The van der Waals surface area contributed by atoms with Crippen LogP contribution in [0.3, 0.4) is 0 Å². The van der Waals surface area contributed by atoms with E-state index >= 15 is 0 Å². The molecule has 0 bridgehead atoms. The maximum absolute atomic E-state index is 12.5. The van der Waals surface area contributed by atoms with Gasteiger partial charge in [-0.2, -0.15) is 0 Å². The van der Waals surface area contributed by atoms with Gasteiger partial charge in [0.15, 0.2) is 0 Å². The van der Waals surface area contributed by atoms with Gasteiger partial charge in [-0.25, -0.2) is 4.98 Å². The minimum Gasteiger partial charge on any atom is -0.395 e. The number of aliphatic hydroxyl groups excluding tert-OH is 1. The molecule has 0 radical (unpaired) electrons. The Hall–Kier alpha value is -2.34. The molecule has 1 aromatic heterocycles. The number of aliphatic hydroxyl groups is 1. The molecule has 6 heteroatoms. The molecule has 0 saturated carbocycles. The molecule has 2 N–H and O–H groups in total. The summed E-state index contributed by atoms with van der Waals surface area (Å²) in [5.74, 6) is 0.749. The number of β-amino-alcohol motifs (C(OH)–C–C–N with tert-alkyl or cyclic N) is 1. The summed E-state index contributed by atoms with van der Waals surface area (Å²) in [7, 11) is 0. The summed E-state index contributed by atoms with van der Waals surface area (Å²) >= 11 is 0. The van der Waals surface area contributed by atoms with Gasteiger partial charge in [-0.3, -0.25) is 9.78 Å². The lowest BCUT2D eigenvalue weighted by molar-refractivity contribution is 0.294. The van der Waals surface area contributed by atoms with Crippen LogP contribution < -0.4 is 15.4 Å². The molecule has 1 aromatic carbocycles. The Bertz CT molecular complexity index is 930. The molecular weight excluding hydrogens is 352 g/mol. The van der Waals surface area contributed by atoms with E-state index in [4.69, 9.17) is 4.98 Å². The van der Waals surface area contributed by atoms with Crippen LogP contribution in [-0.4, -0.2) is 47.9 Å². The van der Waals surface area contributed by atoms with E-state index in [1.807, 2.05) is 0 Å². The van der Waals surface area contributed by atoms with E-state index in [0.29, 0.717) is 6.54 Å². The van der Waals surface area contributed by atoms with E-state index in [0.717, 1.165) is 75.4 Å². The lowest BCUT2D eigenvalue weighted by atomic mass is 9.74. The van der Waals surface area contributed by atoms with Crippen LogP contribution in [0.15, 0.2) is 29.1 Å². The number of fused-ring (bicyclic) bond motifs is 3. The number of H-pyrrole nitrogens is 1. The van der Waals surface area contributed by atoms with E-state index in [1.165, 1.54) is 11.3 Å². The number of hydrogen-bond acceptors (Lipinski definition) is 5. The zero-order chi connectivity index (χ0) is 19.1. The second kappa shape index (κ2) is 6.92. The van der Waals surface area contributed by atoms with E-state index in [2.05, 4.69) is 39.0 Å². The molecule has 5 rings (SSSR count). The first kappa shape index (κ1) is 17.7. The molecule has 2 aliphatic heterocycles. The molecule has 0 atom stereocenters. The smallest absolute Gasteiger partial charge is 0.255 e. The van der Waals surface area contributed by atoms with Gasteiger partial charge in [-0.05, 0) is 50.2 Å². The Kier molecular flexibility index (Phi) is 4.38. The van der Waals surface area contributed by atoms with Gasteiger partial charge in [-0.1, -0.05) is 18.2 Å². The van der Waals surface area contributed by atoms with Crippen LogP contribution in [0.4, 0.5) is 11.6 Å². The van der Waals surface area contributed by atoms with Gasteiger partial charge in [0, 0.05) is 42.8 Å². The van der Waals surface area contributed by atoms with Crippen LogP contribution in [0.5, 0.6) is 0 Å². The van der Waals surface area contributed by atoms with Gasteiger partial charge in [-0.15, -0.1) is 0 Å². The topological polar surface area (TPSA) is 72.5 Å². The Morgan fingerprint density at radius 1 is 1.14 bits per heavy atom. The first-order chi connectivity index (χ1) is 13.7. The van der Waals surface area contributed by atoms with Crippen LogP contribution in [0.25, 0.3) is 0 Å². The van der Waals surface area contributed by atoms with Crippen molar-refractivity contribution in [3.8, 4) is 0 Å². The highest BCUT2D eigenvalue weighted by atomic mass is 16.3. The number of aromatic nitrogens is 2. The summed E-state index contributed by atoms with van der Waals surface area (Å²) in [6.07, 6.45) is 6.07. The summed E-state index contributed by atoms with van der Waals surface area (Å²) in [6, 6.07) is 8.63. The number of aryl methyl sites for hydroxylation is 1. The highest BCUT2D eigenvalue weighted by Crippen LogP contribution is 2.47. The van der Waals surface area contributed by atoms with E-state index < -0.39 is 0 Å². The Balaban J connectivity index is 1.39. The van der Waals surface area contributed by atoms with Crippen molar-refractivity contribution in [3.63, 3.8) is 0 Å². The van der Waals surface area contributed by atoms with Crippen molar-refractivity contribution in [2.45, 2.75) is 43.9 Å². The highest BCUT2D eigenvalue weighted by Gasteiger charge is 2.44. The summed E-state index contributed by atoms with van der Waals surface area (Å²) in [5, 5.41) is 9.46. The average molecular weight is 380 g/mol. The molecule has 1 spiro atoms. The fourth-order valence-corrected chi connectivity index (χ4v) is 5.37. The maximum Gasteiger partial charge on any atom is 0.255 e. The molecule has 28 heavy (non-hydrogen) atoms. The molecule has 0 amide bonds. The fraction of sp³-hybridized carbons (Fsp3) is 0.545. The number of anilines is 2. The summed E-state index contributed by atoms with van der Waals surface area (Å²) in [4.78, 5) is 25.0. The van der Waals surface area contributed by atoms with Gasteiger partial charge >= 0.3 is 0 Å². The number of benzene rings is 1. The largest absolute Gasteiger partial charge is 0.395 e. The molecule has 2 aromatic rings. The average Bonchev–Trinajstić information content (AvgIpc) is 3.02. The molecule has 1 aliphatic carbocycles. The standard InChI is InChI=1S/C22H28N4O2/c27-14-13-26-15-22(17-6-2-4-8-19(17)26)9-11-25(12-10-22)21-23-18-7-3-1-5-16(18)20(28)24-21/h2,4,6,8,27H,1,3,5,7,9-15H2,(H,23,24,28). The SMILES string of the molecule is O=c1[nH]c(N2CCC3(CC2)CN(CCO)c2ccccc23)nc2c1CCCC2. The van der Waals surface area contributed by atoms with Crippen LogP contribution in [0.2, 0.25) is 0 Å². The van der Waals surface area contributed by atoms with Crippen molar-refractivity contribution in [2.24, 2.45) is 0 Å². The first-order valence-corrected chi connectivity index (χ1v) is 10.5. The molecule has 1 saturated heterocycles. The summed E-state index contributed by atoms with van der Waals surface area (Å²) in [5.41, 5.74) is 4.77. The van der Waals surface area contributed by atoms with Gasteiger partial charge in [0.05, 0.1) is 12.3 Å². The zero-order valence-corrected chi connectivity index (χ0v) is 16.3. The molecule has 6 nitrogen and oxygen atoms in total. The third-order valence-electron chi connectivity index (χ3n) is 6.88. The second-order valence-corrected chi connectivity index (χ2v) is 8.45. The second-order valence-electron chi connectivity index (χ2n) is 8.45. The first-order valence-electron chi connectivity index (χ1n) is 10.5. The Morgan fingerprint density at radius 2 is 1.93 bits per heavy atom. The lowest BCUT2D eigenvalue weighted by Crippen LogP contribution is -2.46. The van der Waals surface area contributed by atoms with Gasteiger partial charge in [0.1, 0.15) is 0 Å². The van der Waals surface area contributed by atoms with E-state index in [1.54, 1.807) is 0 Å². The van der Waals surface area contributed by atoms with Crippen molar-refractivity contribution < 1.29 is 5.11 Å². The molecule has 148 valence electrons. The van der Waals surface area contributed by atoms with Crippen molar-refractivity contribution in [1.82, 2.24) is 9.97 Å². The van der Waals surface area contributed by atoms with Crippen molar-refractivity contribution in [1.29, 1.82) is 0 Å². The van der Waals surface area contributed by atoms with Gasteiger partial charge in [0.25, 0.3) is 5.56 Å².